The Hall–Kier alpha value is -2.91. The van der Waals surface area contributed by atoms with Gasteiger partial charge in [0.2, 0.25) is 0 Å². The van der Waals surface area contributed by atoms with Crippen LogP contribution in [0, 0.1) is 5.41 Å². The first kappa shape index (κ1) is 22.8. The van der Waals surface area contributed by atoms with Crippen LogP contribution in [0.3, 0.4) is 0 Å². The Kier molecular flexibility index (Phi) is 7.64. The molecule has 168 valence electrons. The molecule has 0 unspecified atom stereocenters. The minimum Gasteiger partial charge on any atom is -0.452 e. The molecule has 9 heteroatoms. The monoisotopic (exact) mass is 429 g/mol. The smallest absolute Gasteiger partial charge is 0.414 e. The Bertz CT molecular complexity index is 951. The van der Waals surface area contributed by atoms with Gasteiger partial charge in [-0.1, -0.05) is 0 Å². The van der Waals surface area contributed by atoms with Gasteiger partial charge < -0.3 is 29.5 Å². The summed E-state index contributed by atoms with van der Waals surface area (Å²) in [6, 6.07) is 4.05. The number of fused-ring (bicyclic) bond motifs is 3. The summed E-state index contributed by atoms with van der Waals surface area (Å²) in [4.78, 5) is 19.1. The normalized spacial score (nSPS) is 16.2. The highest BCUT2D eigenvalue weighted by atomic mass is 16.7. The highest BCUT2D eigenvalue weighted by molar-refractivity contribution is 5.95. The van der Waals surface area contributed by atoms with Crippen molar-refractivity contribution in [3.63, 3.8) is 0 Å². The summed E-state index contributed by atoms with van der Waals surface area (Å²) in [5.74, 6) is 0.904. The summed E-state index contributed by atoms with van der Waals surface area (Å²) in [5.41, 5.74) is 3.80. The molecule has 2 aromatic rings. The first-order valence-corrected chi connectivity index (χ1v) is 10.4. The van der Waals surface area contributed by atoms with Gasteiger partial charge in [0.15, 0.2) is 6.29 Å². The topological polar surface area (TPSA) is 102 Å². The van der Waals surface area contributed by atoms with Crippen LogP contribution in [0.5, 0.6) is 0 Å². The molecule has 1 aliphatic rings. The van der Waals surface area contributed by atoms with Gasteiger partial charge in [0.25, 0.3) is 0 Å². The molecule has 0 radical (unpaired) electrons. The van der Waals surface area contributed by atoms with E-state index in [1.807, 2.05) is 19.1 Å². The number of hydrogen-bond donors (Lipinski definition) is 2. The number of anilines is 1. The Morgan fingerprint density at radius 2 is 2.13 bits per heavy atom. The molecule has 0 saturated carbocycles. The van der Waals surface area contributed by atoms with Crippen LogP contribution in [-0.2, 0) is 33.6 Å². The van der Waals surface area contributed by atoms with Crippen molar-refractivity contribution in [2.45, 2.75) is 45.1 Å². The average Bonchev–Trinajstić information content (AvgIpc) is 3.13. The molecule has 1 atom stereocenters. The summed E-state index contributed by atoms with van der Waals surface area (Å²) < 4.78 is 18.0. The van der Waals surface area contributed by atoms with E-state index >= 15 is 0 Å². The van der Waals surface area contributed by atoms with Crippen LogP contribution in [0.4, 0.5) is 10.5 Å². The van der Waals surface area contributed by atoms with Crippen molar-refractivity contribution in [3.8, 4) is 0 Å². The minimum absolute atomic E-state index is 0.0650. The molecule has 0 spiro atoms. The molecule has 0 saturated heterocycles. The maximum atomic E-state index is 12.4. The van der Waals surface area contributed by atoms with Crippen molar-refractivity contribution in [2.24, 2.45) is 0 Å². The minimum atomic E-state index is -0.399. The first-order chi connectivity index (χ1) is 15.0. The average molecular weight is 430 g/mol. The number of ether oxygens (including phenoxy) is 3. The third kappa shape index (κ3) is 4.72. The SMILES string of the molecule is COC(=O)N1c2ccc3c(nc(CCN/C=C\C=N)n3CC(OC)OC)c2CC[C@@H]1C. The molecule has 1 aliphatic heterocycles. The lowest BCUT2D eigenvalue weighted by Crippen LogP contribution is -2.42. The van der Waals surface area contributed by atoms with E-state index < -0.39 is 6.29 Å². The predicted octanol–water partition coefficient (Wildman–Crippen LogP) is 2.86. The molecule has 1 amide bonds. The largest absolute Gasteiger partial charge is 0.452 e. The first-order valence-electron chi connectivity index (χ1n) is 10.4. The summed E-state index contributed by atoms with van der Waals surface area (Å²) in [6.45, 7) is 3.21. The molecule has 1 aromatic carbocycles. The van der Waals surface area contributed by atoms with Gasteiger partial charge in [-0.15, -0.1) is 0 Å². The Morgan fingerprint density at radius 3 is 2.81 bits per heavy atom. The van der Waals surface area contributed by atoms with Crippen molar-refractivity contribution in [1.29, 1.82) is 5.41 Å². The van der Waals surface area contributed by atoms with Crippen LogP contribution in [-0.4, -0.2) is 62.1 Å². The predicted molar refractivity (Wildman–Crippen MR) is 120 cm³/mol. The Labute approximate surface area is 182 Å². The Morgan fingerprint density at radius 1 is 1.35 bits per heavy atom. The lowest BCUT2D eigenvalue weighted by atomic mass is 9.96. The van der Waals surface area contributed by atoms with E-state index in [-0.39, 0.29) is 12.1 Å². The highest BCUT2D eigenvalue weighted by Crippen LogP contribution is 2.36. The number of benzene rings is 1. The third-order valence-electron chi connectivity index (χ3n) is 5.62. The van der Waals surface area contributed by atoms with Gasteiger partial charge in [0.1, 0.15) is 5.82 Å². The molecule has 1 aromatic heterocycles. The number of amides is 1. The van der Waals surface area contributed by atoms with Crippen molar-refractivity contribution in [3.05, 3.63) is 35.8 Å². The van der Waals surface area contributed by atoms with Crippen LogP contribution in [0.2, 0.25) is 0 Å². The number of aromatic nitrogens is 2. The van der Waals surface area contributed by atoms with E-state index in [4.69, 9.17) is 24.6 Å². The quantitative estimate of drug-likeness (QED) is 0.361. The standard InChI is InChI=1S/C22H31N5O4/c1-15-6-7-16-17(27(15)22(28)31-4)8-9-18-21(16)25-19(10-13-24-12-5-11-23)26(18)14-20(29-2)30-3/h5,8-9,11-12,15,20,23-24H,6-7,10,13-14H2,1-4H3/b12-5-,23-11?/t15-/m0/s1. The van der Waals surface area contributed by atoms with E-state index in [9.17, 15) is 4.79 Å². The third-order valence-corrected chi connectivity index (χ3v) is 5.62. The van der Waals surface area contributed by atoms with Crippen LogP contribution >= 0.6 is 0 Å². The fourth-order valence-corrected chi connectivity index (χ4v) is 4.03. The van der Waals surface area contributed by atoms with Crippen molar-refractivity contribution >= 4 is 29.0 Å². The second kappa shape index (κ2) is 10.4. The second-order valence-electron chi connectivity index (χ2n) is 7.43. The number of carbonyl (C=O) groups is 1. The van der Waals surface area contributed by atoms with Gasteiger partial charge in [-0.3, -0.25) is 4.90 Å². The number of nitrogens with zero attached hydrogens (tertiary/aromatic N) is 3. The van der Waals surface area contributed by atoms with E-state index in [1.165, 1.54) is 13.3 Å². The number of methoxy groups -OCH3 is 3. The summed E-state index contributed by atoms with van der Waals surface area (Å²) in [7, 11) is 4.65. The molecule has 0 bridgehead atoms. The molecule has 0 fully saturated rings. The van der Waals surface area contributed by atoms with Gasteiger partial charge in [0, 0.05) is 45.0 Å². The van der Waals surface area contributed by atoms with Crippen LogP contribution in [0.25, 0.3) is 11.0 Å². The zero-order valence-electron chi connectivity index (χ0n) is 18.6. The van der Waals surface area contributed by atoms with Gasteiger partial charge in [-0.2, -0.15) is 0 Å². The molecule has 9 nitrogen and oxygen atoms in total. The number of nitrogens with one attached hydrogen (secondary N) is 2. The number of rotatable bonds is 9. The van der Waals surface area contributed by atoms with Gasteiger partial charge >= 0.3 is 6.09 Å². The molecule has 0 aliphatic carbocycles. The number of allylic oxidation sites excluding steroid dienone is 1. The Balaban J connectivity index is 2.04. The molecule has 3 rings (SSSR count). The van der Waals surface area contributed by atoms with E-state index in [1.54, 1.807) is 31.4 Å². The lowest BCUT2D eigenvalue weighted by Gasteiger charge is -2.34. The van der Waals surface area contributed by atoms with Crippen molar-refractivity contribution < 1.29 is 19.0 Å². The molecule has 2 N–H and O–H groups in total. The second-order valence-corrected chi connectivity index (χ2v) is 7.43. The molecular formula is C22H31N5O4. The molecule has 2 heterocycles. The van der Waals surface area contributed by atoms with Crippen LogP contribution in [0.1, 0.15) is 24.7 Å². The summed E-state index contributed by atoms with van der Waals surface area (Å²) in [6.07, 6.45) is 6.22. The van der Waals surface area contributed by atoms with Gasteiger partial charge in [-0.25, -0.2) is 9.78 Å². The molecular weight excluding hydrogens is 398 g/mol. The van der Waals surface area contributed by atoms with Crippen molar-refractivity contribution in [1.82, 2.24) is 14.9 Å². The maximum absolute atomic E-state index is 12.4. The fourth-order valence-electron chi connectivity index (χ4n) is 4.03. The number of hydrogen-bond acceptors (Lipinski definition) is 7. The number of carbonyl (C=O) groups excluding carboxylic acids is 1. The van der Waals surface area contributed by atoms with Crippen LogP contribution in [0.15, 0.2) is 24.4 Å². The highest BCUT2D eigenvalue weighted by Gasteiger charge is 2.31. The summed E-state index contributed by atoms with van der Waals surface area (Å²) >= 11 is 0. The van der Waals surface area contributed by atoms with E-state index in [0.717, 1.165) is 41.0 Å². The van der Waals surface area contributed by atoms with Gasteiger partial charge in [-0.05, 0) is 44.2 Å². The van der Waals surface area contributed by atoms with Gasteiger partial charge in [0.05, 0.1) is 30.4 Å². The van der Waals surface area contributed by atoms with E-state index in [2.05, 4.69) is 9.88 Å². The summed E-state index contributed by atoms with van der Waals surface area (Å²) in [5, 5.41) is 10.2. The zero-order chi connectivity index (χ0) is 22.4. The number of imidazole rings is 1. The van der Waals surface area contributed by atoms with Crippen molar-refractivity contribution in [2.75, 3.05) is 32.8 Å². The lowest BCUT2D eigenvalue weighted by molar-refractivity contribution is -0.110. The molecule has 31 heavy (non-hydrogen) atoms. The fraction of sp³-hybridized carbons (Fsp3) is 0.500. The number of aryl methyl sites for hydroxylation is 1. The zero-order valence-corrected chi connectivity index (χ0v) is 18.6. The maximum Gasteiger partial charge on any atom is 0.414 e. The van der Waals surface area contributed by atoms with E-state index in [0.29, 0.717) is 19.5 Å². The van der Waals surface area contributed by atoms with Crippen LogP contribution < -0.4 is 10.2 Å².